The van der Waals surface area contributed by atoms with Crippen molar-refractivity contribution < 1.29 is 14.6 Å². The van der Waals surface area contributed by atoms with E-state index in [0.29, 0.717) is 12.1 Å². The minimum atomic E-state index is -0.376. The minimum absolute atomic E-state index is 0.0284. The number of hydrogen-bond acceptors (Lipinski definition) is 4. The number of halogens is 1. The molecule has 0 saturated carbocycles. The summed E-state index contributed by atoms with van der Waals surface area (Å²) in [6.45, 7) is 2.63. The maximum atomic E-state index is 12.9. The molecule has 1 atom stereocenters. The SMILES string of the molecule is CCCN1C(=O)c2ccccc2NC1c1cc(Cl)c(O)c(OC)c1. The number of anilines is 1. The van der Waals surface area contributed by atoms with Gasteiger partial charge in [-0.3, -0.25) is 4.79 Å². The van der Waals surface area contributed by atoms with Crippen LogP contribution in [0.25, 0.3) is 0 Å². The third-order valence-electron chi connectivity index (χ3n) is 4.07. The highest BCUT2D eigenvalue weighted by Crippen LogP contribution is 2.40. The van der Waals surface area contributed by atoms with Gasteiger partial charge in [0.15, 0.2) is 11.5 Å². The molecule has 1 amide bonds. The first-order valence-electron chi connectivity index (χ1n) is 7.79. The van der Waals surface area contributed by atoms with Gasteiger partial charge in [0, 0.05) is 17.8 Å². The van der Waals surface area contributed by atoms with Gasteiger partial charge in [-0.15, -0.1) is 0 Å². The summed E-state index contributed by atoms with van der Waals surface area (Å²) in [5, 5.41) is 13.5. The number of para-hydroxylation sites is 1. The van der Waals surface area contributed by atoms with E-state index in [9.17, 15) is 9.90 Å². The zero-order valence-corrected chi connectivity index (χ0v) is 14.3. The van der Waals surface area contributed by atoms with Gasteiger partial charge >= 0.3 is 0 Å². The second-order valence-electron chi connectivity index (χ2n) is 5.64. The van der Waals surface area contributed by atoms with Gasteiger partial charge in [-0.2, -0.15) is 0 Å². The maximum Gasteiger partial charge on any atom is 0.257 e. The van der Waals surface area contributed by atoms with E-state index in [0.717, 1.165) is 17.7 Å². The van der Waals surface area contributed by atoms with E-state index in [1.54, 1.807) is 17.0 Å². The molecule has 1 aliphatic heterocycles. The molecule has 3 rings (SSSR count). The van der Waals surface area contributed by atoms with Crippen LogP contribution in [0.4, 0.5) is 5.69 Å². The average molecular weight is 347 g/mol. The predicted molar refractivity (Wildman–Crippen MR) is 93.8 cm³/mol. The molecule has 0 aliphatic carbocycles. The lowest BCUT2D eigenvalue weighted by Gasteiger charge is -2.38. The predicted octanol–water partition coefficient (Wildman–Crippen LogP) is 4.03. The standard InChI is InChI=1S/C18H19ClN2O3/c1-3-8-21-17(11-9-13(19)16(22)15(10-11)24-2)20-14-7-5-4-6-12(14)18(21)23/h4-7,9-10,17,20,22H,3,8H2,1-2H3. The fraction of sp³-hybridized carbons (Fsp3) is 0.278. The molecule has 6 heteroatoms. The Bertz CT molecular complexity index is 779. The molecule has 1 aliphatic rings. The molecule has 1 heterocycles. The molecule has 2 aromatic carbocycles. The van der Waals surface area contributed by atoms with E-state index in [2.05, 4.69) is 5.32 Å². The van der Waals surface area contributed by atoms with Crippen LogP contribution in [-0.4, -0.2) is 29.6 Å². The number of ether oxygens (including phenoxy) is 1. The first kappa shape index (κ1) is 16.5. The van der Waals surface area contributed by atoms with Crippen LogP contribution in [0.5, 0.6) is 11.5 Å². The molecule has 5 nitrogen and oxygen atoms in total. The van der Waals surface area contributed by atoms with Gasteiger partial charge in [-0.05, 0) is 30.7 Å². The lowest BCUT2D eigenvalue weighted by Crippen LogP contribution is -2.43. The Morgan fingerprint density at radius 2 is 2.08 bits per heavy atom. The third-order valence-corrected chi connectivity index (χ3v) is 4.36. The fourth-order valence-electron chi connectivity index (χ4n) is 2.93. The molecule has 0 radical (unpaired) electrons. The molecular formula is C18H19ClN2O3. The van der Waals surface area contributed by atoms with E-state index < -0.39 is 0 Å². The zero-order valence-electron chi connectivity index (χ0n) is 13.5. The topological polar surface area (TPSA) is 61.8 Å². The van der Waals surface area contributed by atoms with Gasteiger partial charge < -0.3 is 20.1 Å². The molecule has 2 N–H and O–H groups in total. The van der Waals surface area contributed by atoms with Crippen LogP contribution in [0.2, 0.25) is 5.02 Å². The first-order chi connectivity index (χ1) is 11.6. The molecule has 0 bridgehead atoms. The van der Waals surface area contributed by atoms with Crippen molar-refractivity contribution in [1.29, 1.82) is 0 Å². The number of fused-ring (bicyclic) bond motifs is 1. The summed E-state index contributed by atoms with van der Waals surface area (Å²) in [5.74, 6) is 0.147. The number of benzene rings is 2. The number of rotatable bonds is 4. The zero-order chi connectivity index (χ0) is 17.3. The van der Waals surface area contributed by atoms with Gasteiger partial charge in [0.25, 0.3) is 5.91 Å². The van der Waals surface area contributed by atoms with E-state index in [1.807, 2.05) is 31.2 Å². The van der Waals surface area contributed by atoms with E-state index >= 15 is 0 Å². The molecule has 1 unspecified atom stereocenters. The normalized spacial score (nSPS) is 16.5. The van der Waals surface area contributed by atoms with Crippen molar-refractivity contribution in [2.45, 2.75) is 19.5 Å². The Morgan fingerprint density at radius 1 is 1.33 bits per heavy atom. The molecule has 0 aromatic heterocycles. The van der Waals surface area contributed by atoms with Crippen molar-refractivity contribution in [2.24, 2.45) is 0 Å². The average Bonchev–Trinajstić information content (AvgIpc) is 2.59. The summed E-state index contributed by atoms with van der Waals surface area (Å²) in [6.07, 6.45) is 0.453. The molecule has 0 fully saturated rings. The monoisotopic (exact) mass is 346 g/mol. The second-order valence-corrected chi connectivity index (χ2v) is 6.05. The highest BCUT2D eigenvalue weighted by atomic mass is 35.5. The van der Waals surface area contributed by atoms with Crippen molar-refractivity contribution in [3.05, 3.63) is 52.5 Å². The van der Waals surface area contributed by atoms with Crippen molar-refractivity contribution in [3.8, 4) is 11.5 Å². The number of amides is 1. The van der Waals surface area contributed by atoms with E-state index in [4.69, 9.17) is 16.3 Å². The summed E-state index contributed by atoms with van der Waals surface area (Å²) < 4.78 is 5.18. The Kier molecular flexibility index (Phi) is 4.53. The first-order valence-corrected chi connectivity index (χ1v) is 8.17. The van der Waals surface area contributed by atoms with Crippen molar-refractivity contribution >= 4 is 23.2 Å². The third kappa shape index (κ3) is 2.76. The van der Waals surface area contributed by atoms with Crippen LogP contribution in [-0.2, 0) is 0 Å². The van der Waals surface area contributed by atoms with Gasteiger partial charge in [-0.25, -0.2) is 0 Å². The Morgan fingerprint density at radius 3 is 2.79 bits per heavy atom. The van der Waals surface area contributed by atoms with Crippen LogP contribution < -0.4 is 10.1 Å². The van der Waals surface area contributed by atoms with Crippen molar-refractivity contribution in [2.75, 3.05) is 19.0 Å². The lowest BCUT2D eigenvalue weighted by molar-refractivity contribution is 0.0683. The Hall–Kier alpha value is -2.40. The Balaban J connectivity index is 2.09. The molecule has 126 valence electrons. The smallest absolute Gasteiger partial charge is 0.257 e. The van der Waals surface area contributed by atoms with Crippen molar-refractivity contribution in [1.82, 2.24) is 4.90 Å². The summed E-state index contributed by atoms with van der Waals surface area (Å²) in [7, 11) is 1.47. The fourth-order valence-corrected chi connectivity index (χ4v) is 3.15. The van der Waals surface area contributed by atoms with Gasteiger partial charge in [-0.1, -0.05) is 30.7 Å². The number of carbonyl (C=O) groups is 1. The van der Waals surface area contributed by atoms with Gasteiger partial charge in [0.05, 0.1) is 17.7 Å². The minimum Gasteiger partial charge on any atom is -0.503 e. The van der Waals surface area contributed by atoms with Crippen molar-refractivity contribution in [3.63, 3.8) is 0 Å². The van der Waals surface area contributed by atoms with E-state index in [-0.39, 0.29) is 28.6 Å². The van der Waals surface area contributed by atoms with Crippen LogP contribution in [0.15, 0.2) is 36.4 Å². The summed E-state index contributed by atoms with van der Waals surface area (Å²) >= 11 is 6.12. The number of phenolic OH excluding ortho intramolecular Hbond substituents is 1. The molecule has 24 heavy (non-hydrogen) atoms. The largest absolute Gasteiger partial charge is 0.503 e. The van der Waals surface area contributed by atoms with Crippen LogP contribution in [0.3, 0.4) is 0 Å². The lowest BCUT2D eigenvalue weighted by atomic mass is 10.0. The van der Waals surface area contributed by atoms with Crippen LogP contribution >= 0.6 is 11.6 Å². The van der Waals surface area contributed by atoms with Gasteiger partial charge in [0.1, 0.15) is 6.17 Å². The number of phenols is 1. The maximum absolute atomic E-state index is 12.9. The number of hydrogen-bond donors (Lipinski definition) is 2. The summed E-state index contributed by atoms with van der Waals surface area (Å²) in [5.41, 5.74) is 2.19. The molecule has 0 spiro atoms. The molecular weight excluding hydrogens is 328 g/mol. The van der Waals surface area contributed by atoms with E-state index in [1.165, 1.54) is 7.11 Å². The number of methoxy groups -OCH3 is 1. The number of carbonyl (C=O) groups excluding carboxylic acids is 1. The number of aromatic hydroxyl groups is 1. The van der Waals surface area contributed by atoms with Crippen LogP contribution in [0.1, 0.15) is 35.4 Å². The summed E-state index contributed by atoms with van der Waals surface area (Å²) in [6, 6.07) is 10.8. The Labute approximate surface area is 145 Å². The second kappa shape index (κ2) is 6.61. The number of nitrogens with one attached hydrogen (secondary N) is 1. The van der Waals surface area contributed by atoms with Crippen LogP contribution in [0, 0.1) is 0 Å². The quantitative estimate of drug-likeness (QED) is 0.877. The molecule has 0 saturated heterocycles. The highest BCUT2D eigenvalue weighted by molar-refractivity contribution is 6.32. The van der Waals surface area contributed by atoms with Gasteiger partial charge in [0.2, 0.25) is 0 Å². The molecule has 2 aromatic rings. The highest BCUT2D eigenvalue weighted by Gasteiger charge is 2.33. The summed E-state index contributed by atoms with van der Waals surface area (Å²) in [4.78, 5) is 14.6. The number of nitrogens with zero attached hydrogens (tertiary/aromatic N) is 1.